The highest BCUT2D eigenvalue weighted by Gasteiger charge is 2.30. The predicted molar refractivity (Wildman–Crippen MR) is 100 cm³/mol. The van der Waals surface area contributed by atoms with Gasteiger partial charge in [0.25, 0.3) is 0 Å². The van der Waals surface area contributed by atoms with Crippen LogP contribution < -0.4 is 10.6 Å². The lowest BCUT2D eigenvalue weighted by molar-refractivity contribution is -0.122. The molecule has 2 N–H and O–H groups in total. The molecule has 2 aliphatic heterocycles. The summed E-state index contributed by atoms with van der Waals surface area (Å²) in [5.74, 6) is -2.01. The third-order valence-corrected chi connectivity index (χ3v) is 6.95. The Morgan fingerprint density at radius 2 is 2.07 bits per heavy atom. The maximum Gasteiger partial charge on any atom is 0.221 e. The molecule has 2 aliphatic rings. The minimum Gasteiger partial charge on any atom is -0.351 e. The van der Waals surface area contributed by atoms with Crippen molar-refractivity contribution in [3.63, 3.8) is 0 Å². The maximum atomic E-state index is 13.5. The van der Waals surface area contributed by atoms with Gasteiger partial charge < -0.3 is 10.6 Å². The first kappa shape index (κ1) is 22.0. The van der Waals surface area contributed by atoms with Crippen LogP contribution in [0.2, 0.25) is 0 Å². The Bertz CT molecular complexity index is 779. The van der Waals surface area contributed by atoms with Crippen molar-refractivity contribution in [2.45, 2.75) is 31.2 Å². The summed E-state index contributed by atoms with van der Waals surface area (Å²) in [6.07, 6.45) is 1.37. The van der Waals surface area contributed by atoms with Crippen LogP contribution in [0.3, 0.4) is 0 Å². The fourth-order valence-corrected chi connectivity index (χ4v) is 5.13. The minimum atomic E-state index is -3.21. The van der Waals surface area contributed by atoms with Crippen LogP contribution in [0.25, 0.3) is 0 Å². The van der Waals surface area contributed by atoms with Gasteiger partial charge in [-0.1, -0.05) is 6.07 Å². The van der Waals surface area contributed by atoms with Gasteiger partial charge in [-0.25, -0.2) is 21.5 Å². The van der Waals surface area contributed by atoms with Gasteiger partial charge in [-0.2, -0.15) is 0 Å². The minimum absolute atomic E-state index is 0. The number of amides is 1. The number of nitrogens with one attached hydrogen (secondary N) is 2. The van der Waals surface area contributed by atoms with Crippen molar-refractivity contribution in [1.29, 1.82) is 0 Å². The molecular weight excluding hydrogens is 400 g/mol. The number of benzene rings is 1. The molecule has 1 amide bonds. The number of piperidine rings is 1. The molecule has 6 nitrogen and oxygen atoms in total. The number of carbonyl (C=O) groups excluding carboxylic acids is 1. The van der Waals surface area contributed by atoms with Crippen LogP contribution in [0, 0.1) is 11.6 Å². The molecule has 1 aromatic rings. The van der Waals surface area contributed by atoms with Crippen LogP contribution in [-0.2, 0) is 14.8 Å². The van der Waals surface area contributed by atoms with E-state index in [1.807, 2.05) is 0 Å². The summed E-state index contributed by atoms with van der Waals surface area (Å²) in [5.41, 5.74) is 0.651. The maximum absolute atomic E-state index is 13.5. The molecule has 2 atom stereocenters. The Kier molecular flexibility index (Phi) is 7.55. The van der Waals surface area contributed by atoms with E-state index in [4.69, 9.17) is 0 Å². The predicted octanol–water partition coefficient (Wildman–Crippen LogP) is 1.37. The highest BCUT2D eigenvalue weighted by Crippen LogP contribution is 2.27. The molecule has 10 heteroatoms. The Hall–Kier alpha value is -1.29. The Balaban J connectivity index is 0.00000261. The third-order valence-electron chi connectivity index (χ3n) is 4.99. The molecule has 2 heterocycles. The van der Waals surface area contributed by atoms with Crippen LogP contribution in [-0.4, -0.2) is 56.6 Å². The van der Waals surface area contributed by atoms with Gasteiger partial charge in [0.1, 0.15) is 0 Å². The first-order chi connectivity index (χ1) is 12.4. The van der Waals surface area contributed by atoms with Gasteiger partial charge in [-0.05, 0) is 37.1 Å². The van der Waals surface area contributed by atoms with Crippen LogP contribution in [0.4, 0.5) is 8.78 Å². The fraction of sp³-hybridized carbons (Fsp3) is 0.588. The van der Waals surface area contributed by atoms with Crippen molar-refractivity contribution in [2.75, 3.05) is 31.9 Å². The van der Waals surface area contributed by atoms with Gasteiger partial charge in [0.2, 0.25) is 15.9 Å². The largest absolute Gasteiger partial charge is 0.351 e. The van der Waals surface area contributed by atoms with Crippen LogP contribution in [0.1, 0.15) is 30.7 Å². The third kappa shape index (κ3) is 5.37. The smallest absolute Gasteiger partial charge is 0.221 e. The van der Waals surface area contributed by atoms with Gasteiger partial charge in [0, 0.05) is 38.0 Å². The van der Waals surface area contributed by atoms with E-state index >= 15 is 0 Å². The second-order valence-corrected chi connectivity index (χ2v) is 8.85. The van der Waals surface area contributed by atoms with Gasteiger partial charge >= 0.3 is 0 Å². The van der Waals surface area contributed by atoms with E-state index in [0.717, 1.165) is 12.6 Å². The van der Waals surface area contributed by atoms with Crippen LogP contribution >= 0.6 is 12.4 Å². The van der Waals surface area contributed by atoms with E-state index in [1.54, 1.807) is 6.07 Å². The van der Waals surface area contributed by atoms with Crippen molar-refractivity contribution >= 4 is 28.3 Å². The molecule has 27 heavy (non-hydrogen) atoms. The lowest BCUT2D eigenvalue weighted by Gasteiger charge is -2.33. The molecule has 0 saturated carbocycles. The Morgan fingerprint density at radius 1 is 1.30 bits per heavy atom. The first-order valence-corrected chi connectivity index (χ1v) is 10.4. The monoisotopic (exact) mass is 423 g/mol. The fourth-order valence-electron chi connectivity index (χ4n) is 3.60. The van der Waals surface area contributed by atoms with Gasteiger partial charge in [0.05, 0.1) is 5.75 Å². The number of halogens is 3. The zero-order valence-corrected chi connectivity index (χ0v) is 16.4. The van der Waals surface area contributed by atoms with Crippen molar-refractivity contribution in [3.8, 4) is 0 Å². The molecule has 2 fully saturated rings. The lowest BCUT2D eigenvalue weighted by Crippen LogP contribution is -2.50. The zero-order chi connectivity index (χ0) is 18.7. The summed E-state index contributed by atoms with van der Waals surface area (Å²) in [5, 5.41) is 6.10. The average molecular weight is 424 g/mol. The summed E-state index contributed by atoms with van der Waals surface area (Å²) in [6, 6.07) is 3.58. The molecule has 1 aromatic carbocycles. The van der Waals surface area contributed by atoms with Crippen molar-refractivity contribution < 1.29 is 22.0 Å². The van der Waals surface area contributed by atoms with Crippen LogP contribution in [0.15, 0.2) is 18.2 Å². The van der Waals surface area contributed by atoms with E-state index in [2.05, 4.69) is 10.6 Å². The number of hydrogen-bond donors (Lipinski definition) is 2. The van der Waals surface area contributed by atoms with Gasteiger partial charge in [-0.15, -0.1) is 12.4 Å². The number of sulfonamides is 1. The molecule has 152 valence electrons. The summed E-state index contributed by atoms with van der Waals surface area (Å²) < 4.78 is 51.6. The SMILES string of the molecule is Cl.O=C(CCN1CCCS1(=O)=O)NC1CNCCC1c1ccc(F)c(F)c1. The number of rotatable bonds is 5. The molecule has 2 unspecified atom stereocenters. The van der Waals surface area contributed by atoms with Crippen molar-refractivity contribution in [1.82, 2.24) is 14.9 Å². The summed E-state index contributed by atoms with van der Waals surface area (Å²) in [6.45, 7) is 1.88. The van der Waals surface area contributed by atoms with E-state index in [9.17, 15) is 22.0 Å². The van der Waals surface area contributed by atoms with E-state index < -0.39 is 21.7 Å². The molecule has 0 aliphatic carbocycles. The Labute approximate surface area is 164 Å². The number of hydrogen-bond acceptors (Lipinski definition) is 4. The standard InChI is InChI=1S/C17H23F2N3O3S.ClH/c18-14-3-2-12(10-15(14)19)13-4-6-20-11-16(13)21-17(23)5-8-22-7-1-9-26(22,24)25;/h2-3,10,13,16,20H,1,4-9,11H2,(H,21,23);1H. The average Bonchev–Trinajstić information content (AvgIpc) is 2.94. The summed E-state index contributed by atoms with van der Waals surface area (Å²) in [7, 11) is -3.21. The molecule has 0 aromatic heterocycles. The number of nitrogens with zero attached hydrogens (tertiary/aromatic N) is 1. The quantitative estimate of drug-likeness (QED) is 0.749. The molecule has 0 radical (unpaired) electrons. The van der Waals surface area contributed by atoms with Gasteiger partial charge in [0.15, 0.2) is 11.6 Å². The first-order valence-electron chi connectivity index (χ1n) is 8.80. The lowest BCUT2D eigenvalue weighted by atomic mass is 9.86. The Morgan fingerprint density at radius 3 is 2.74 bits per heavy atom. The second kappa shape index (κ2) is 9.27. The molecule has 3 rings (SSSR count). The van der Waals surface area contributed by atoms with E-state index in [1.165, 1.54) is 10.4 Å². The number of carbonyl (C=O) groups is 1. The summed E-state index contributed by atoms with van der Waals surface area (Å²) in [4.78, 5) is 12.3. The highest BCUT2D eigenvalue weighted by molar-refractivity contribution is 7.89. The topological polar surface area (TPSA) is 78.5 Å². The molecule has 0 spiro atoms. The highest BCUT2D eigenvalue weighted by atomic mass is 35.5. The molecular formula is C17H24ClF2N3O3S. The summed E-state index contributed by atoms with van der Waals surface area (Å²) >= 11 is 0. The molecule has 0 bridgehead atoms. The van der Waals surface area contributed by atoms with Gasteiger partial charge in [-0.3, -0.25) is 4.79 Å². The van der Waals surface area contributed by atoms with E-state index in [-0.39, 0.29) is 49.0 Å². The molecule has 2 saturated heterocycles. The normalized spacial score (nSPS) is 25.0. The van der Waals surface area contributed by atoms with Crippen molar-refractivity contribution in [3.05, 3.63) is 35.4 Å². The zero-order valence-electron chi connectivity index (χ0n) is 14.8. The second-order valence-electron chi connectivity index (χ2n) is 6.77. The van der Waals surface area contributed by atoms with E-state index in [0.29, 0.717) is 31.5 Å². The van der Waals surface area contributed by atoms with Crippen molar-refractivity contribution in [2.24, 2.45) is 0 Å². The van der Waals surface area contributed by atoms with Crippen LogP contribution in [0.5, 0.6) is 0 Å².